The van der Waals surface area contributed by atoms with Gasteiger partial charge in [-0.1, -0.05) is 25.3 Å². The van der Waals surface area contributed by atoms with Gasteiger partial charge in [0.2, 0.25) is 0 Å². The van der Waals surface area contributed by atoms with Crippen molar-refractivity contribution >= 4 is 0 Å². The molecule has 5 nitrogen and oxygen atoms in total. The van der Waals surface area contributed by atoms with E-state index in [1.165, 1.54) is 32.1 Å². The van der Waals surface area contributed by atoms with Gasteiger partial charge in [-0.05, 0) is 25.0 Å². The molecule has 0 atom stereocenters. The van der Waals surface area contributed by atoms with E-state index in [0.29, 0.717) is 23.2 Å². The molecule has 112 valence electrons. The smallest absolute Gasteiger partial charge is 0.185 e. The van der Waals surface area contributed by atoms with Gasteiger partial charge in [0.1, 0.15) is 5.82 Å². The van der Waals surface area contributed by atoms with E-state index < -0.39 is 0 Å². The van der Waals surface area contributed by atoms with Crippen LogP contribution >= 0.6 is 0 Å². The fraction of sp³-hybridized carbons (Fsp3) is 0.500. The molecule has 21 heavy (non-hydrogen) atoms. The minimum absolute atomic E-state index is 0.511. The number of benzene rings is 1. The Kier molecular flexibility index (Phi) is 4.08. The standard InChI is InChI=1S/C16H21N3O2/c1-20-13-10-6-9-12(14(13)21-2)16-17-15(18-19-16)11-7-4-3-5-8-11/h6,9-11H,3-5,7-8H2,1-2H3,(H,17,18,19). The zero-order valence-electron chi connectivity index (χ0n) is 12.6. The number of nitrogens with zero attached hydrogens (tertiary/aromatic N) is 2. The van der Waals surface area contributed by atoms with Crippen LogP contribution in [0.5, 0.6) is 11.5 Å². The van der Waals surface area contributed by atoms with Crippen molar-refractivity contribution in [2.45, 2.75) is 38.0 Å². The maximum atomic E-state index is 5.46. The minimum Gasteiger partial charge on any atom is -0.493 e. The summed E-state index contributed by atoms with van der Waals surface area (Å²) in [5.74, 6) is 3.55. The lowest BCUT2D eigenvalue weighted by molar-refractivity contribution is 0.356. The number of hydrogen-bond donors (Lipinski definition) is 1. The number of H-pyrrole nitrogens is 1. The van der Waals surface area contributed by atoms with Gasteiger partial charge in [-0.25, -0.2) is 4.98 Å². The van der Waals surface area contributed by atoms with Gasteiger partial charge in [-0.15, -0.1) is 0 Å². The lowest BCUT2D eigenvalue weighted by Gasteiger charge is -2.18. The van der Waals surface area contributed by atoms with Gasteiger partial charge >= 0.3 is 0 Å². The Morgan fingerprint density at radius 1 is 1.10 bits per heavy atom. The zero-order chi connectivity index (χ0) is 14.7. The highest BCUT2D eigenvalue weighted by atomic mass is 16.5. The number of methoxy groups -OCH3 is 2. The summed E-state index contributed by atoms with van der Waals surface area (Å²) in [6.07, 6.45) is 6.29. The van der Waals surface area contributed by atoms with Gasteiger partial charge in [0.25, 0.3) is 0 Å². The maximum absolute atomic E-state index is 5.46. The van der Waals surface area contributed by atoms with Crippen LogP contribution in [0.25, 0.3) is 11.4 Å². The third-order valence-electron chi connectivity index (χ3n) is 4.14. The van der Waals surface area contributed by atoms with Crippen molar-refractivity contribution in [2.24, 2.45) is 0 Å². The van der Waals surface area contributed by atoms with Crippen molar-refractivity contribution in [3.8, 4) is 22.9 Å². The van der Waals surface area contributed by atoms with E-state index in [9.17, 15) is 0 Å². The average Bonchev–Trinajstić information content (AvgIpc) is 3.04. The Morgan fingerprint density at radius 2 is 1.90 bits per heavy atom. The predicted molar refractivity (Wildman–Crippen MR) is 80.7 cm³/mol. The third-order valence-corrected chi connectivity index (χ3v) is 4.14. The van der Waals surface area contributed by atoms with Crippen LogP contribution in [0.1, 0.15) is 43.8 Å². The molecule has 0 amide bonds. The number of aromatic amines is 1. The number of ether oxygens (including phenoxy) is 2. The summed E-state index contributed by atoms with van der Waals surface area (Å²) < 4.78 is 10.8. The molecule has 0 bridgehead atoms. The van der Waals surface area contributed by atoms with Gasteiger partial charge in [0.05, 0.1) is 19.8 Å². The summed E-state index contributed by atoms with van der Waals surface area (Å²) >= 11 is 0. The number of rotatable bonds is 4. The molecule has 0 spiro atoms. The largest absolute Gasteiger partial charge is 0.493 e. The fourth-order valence-corrected chi connectivity index (χ4v) is 3.02. The van der Waals surface area contributed by atoms with Gasteiger partial charge in [-0.2, -0.15) is 5.10 Å². The molecule has 3 rings (SSSR count). The highest BCUT2D eigenvalue weighted by Gasteiger charge is 2.21. The molecule has 2 aromatic rings. The molecule has 1 fully saturated rings. The number of nitrogens with one attached hydrogen (secondary N) is 1. The van der Waals surface area contributed by atoms with Crippen molar-refractivity contribution in [2.75, 3.05) is 14.2 Å². The first-order chi connectivity index (χ1) is 10.3. The molecule has 0 unspecified atom stereocenters. The van der Waals surface area contributed by atoms with Crippen LogP contribution in [0, 0.1) is 0 Å². The molecule has 1 N–H and O–H groups in total. The molecule has 0 aliphatic heterocycles. The van der Waals surface area contributed by atoms with E-state index in [1.54, 1.807) is 14.2 Å². The van der Waals surface area contributed by atoms with Crippen molar-refractivity contribution in [1.82, 2.24) is 15.2 Å². The van der Waals surface area contributed by atoms with Crippen molar-refractivity contribution in [3.05, 3.63) is 24.0 Å². The Balaban J connectivity index is 1.92. The summed E-state index contributed by atoms with van der Waals surface area (Å²) in [4.78, 5) is 4.69. The van der Waals surface area contributed by atoms with Crippen molar-refractivity contribution in [3.63, 3.8) is 0 Å². The van der Waals surface area contributed by atoms with E-state index in [-0.39, 0.29) is 0 Å². The van der Waals surface area contributed by atoms with E-state index >= 15 is 0 Å². The van der Waals surface area contributed by atoms with Gasteiger partial charge < -0.3 is 9.47 Å². The van der Waals surface area contributed by atoms with E-state index in [1.807, 2.05) is 18.2 Å². The molecular formula is C16H21N3O2. The second-order valence-electron chi connectivity index (χ2n) is 5.42. The number of para-hydroxylation sites is 1. The summed E-state index contributed by atoms with van der Waals surface area (Å²) in [7, 11) is 3.27. The topological polar surface area (TPSA) is 60.0 Å². The molecule has 0 saturated heterocycles. The first-order valence-corrected chi connectivity index (χ1v) is 7.47. The van der Waals surface area contributed by atoms with E-state index in [4.69, 9.17) is 9.47 Å². The van der Waals surface area contributed by atoms with Crippen LogP contribution in [0.3, 0.4) is 0 Å². The summed E-state index contributed by atoms with van der Waals surface area (Å²) in [6.45, 7) is 0. The van der Waals surface area contributed by atoms with Crippen LogP contribution in [-0.4, -0.2) is 29.4 Å². The second kappa shape index (κ2) is 6.16. The SMILES string of the molecule is COc1cccc(-c2n[nH]c(C3CCCCC3)n2)c1OC. The zero-order valence-corrected chi connectivity index (χ0v) is 12.6. The maximum Gasteiger partial charge on any atom is 0.185 e. The molecule has 1 aromatic carbocycles. The summed E-state index contributed by atoms with van der Waals surface area (Å²) in [5, 5.41) is 7.48. The quantitative estimate of drug-likeness (QED) is 0.934. The van der Waals surface area contributed by atoms with E-state index in [2.05, 4.69) is 15.2 Å². The molecule has 1 aromatic heterocycles. The minimum atomic E-state index is 0.511. The third kappa shape index (κ3) is 2.73. The van der Waals surface area contributed by atoms with Gasteiger partial charge in [-0.3, -0.25) is 5.10 Å². The Labute approximate surface area is 124 Å². The Bertz CT molecular complexity index is 603. The lowest BCUT2D eigenvalue weighted by Crippen LogP contribution is -2.06. The molecule has 1 aliphatic rings. The summed E-state index contributed by atoms with van der Waals surface area (Å²) in [5.41, 5.74) is 0.857. The highest BCUT2D eigenvalue weighted by molar-refractivity contribution is 5.68. The second-order valence-corrected chi connectivity index (χ2v) is 5.42. The normalized spacial score (nSPS) is 15.9. The first-order valence-electron chi connectivity index (χ1n) is 7.47. The Hall–Kier alpha value is -2.04. The van der Waals surface area contributed by atoms with E-state index in [0.717, 1.165) is 11.4 Å². The molecule has 1 saturated carbocycles. The van der Waals surface area contributed by atoms with Crippen LogP contribution in [0.2, 0.25) is 0 Å². The van der Waals surface area contributed by atoms with Gasteiger partial charge in [0.15, 0.2) is 17.3 Å². The predicted octanol–water partition coefficient (Wildman–Crippen LogP) is 3.54. The van der Waals surface area contributed by atoms with Crippen LogP contribution < -0.4 is 9.47 Å². The van der Waals surface area contributed by atoms with Crippen molar-refractivity contribution in [1.29, 1.82) is 0 Å². The molecule has 1 heterocycles. The average molecular weight is 287 g/mol. The molecule has 5 heteroatoms. The van der Waals surface area contributed by atoms with Crippen LogP contribution in [-0.2, 0) is 0 Å². The van der Waals surface area contributed by atoms with Crippen LogP contribution in [0.4, 0.5) is 0 Å². The fourth-order valence-electron chi connectivity index (χ4n) is 3.02. The molecule has 0 radical (unpaired) electrons. The van der Waals surface area contributed by atoms with Crippen molar-refractivity contribution < 1.29 is 9.47 Å². The van der Waals surface area contributed by atoms with Gasteiger partial charge in [0, 0.05) is 5.92 Å². The lowest BCUT2D eigenvalue weighted by atomic mass is 9.89. The number of hydrogen-bond acceptors (Lipinski definition) is 4. The highest BCUT2D eigenvalue weighted by Crippen LogP contribution is 2.37. The molecule has 1 aliphatic carbocycles. The molecular weight excluding hydrogens is 266 g/mol. The monoisotopic (exact) mass is 287 g/mol. The Morgan fingerprint density at radius 3 is 2.62 bits per heavy atom. The first kappa shape index (κ1) is 13.9. The summed E-state index contributed by atoms with van der Waals surface area (Å²) in [6, 6.07) is 5.75. The number of aromatic nitrogens is 3. The van der Waals surface area contributed by atoms with Crippen LogP contribution in [0.15, 0.2) is 18.2 Å².